The van der Waals surface area contributed by atoms with Crippen LogP contribution in [0.3, 0.4) is 0 Å². The highest BCUT2D eigenvalue weighted by Gasteiger charge is 2.39. The van der Waals surface area contributed by atoms with E-state index in [1.54, 1.807) is 0 Å². The predicted octanol–water partition coefficient (Wildman–Crippen LogP) is 4.24. The molecule has 1 saturated carbocycles. The number of morpholine rings is 1. The average molecular weight is 553 g/mol. The lowest BCUT2D eigenvalue weighted by Crippen LogP contribution is -2.64. The fourth-order valence-electron chi connectivity index (χ4n) is 7.54. The molecular formula is C31H44N4O3S. The second-order valence-electron chi connectivity index (χ2n) is 12.4. The molecule has 0 unspecified atom stereocenters. The summed E-state index contributed by atoms with van der Waals surface area (Å²) >= 11 is 1.88. The molecule has 5 heterocycles. The van der Waals surface area contributed by atoms with Gasteiger partial charge in [0.05, 0.1) is 25.3 Å². The number of fused-ring (bicyclic) bond motifs is 1. The Hall–Kier alpha value is -2.00. The number of rotatable bonds is 6. The molecule has 0 radical (unpaired) electrons. The molecule has 2 saturated heterocycles. The van der Waals surface area contributed by atoms with Gasteiger partial charge in [0.15, 0.2) is 0 Å². The Morgan fingerprint density at radius 2 is 1.72 bits per heavy atom. The van der Waals surface area contributed by atoms with Crippen molar-refractivity contribution in [2.45, 2.75) is 84.3 Å². The van der Waals surface area contributed by atoms with Gasteiger partial charge in [-0.3, -0.25) is 19.4 Å². The van der Waals surface area contributed by atoms with Gasteiger partial charge in [0.1, 0.15) is 0 Å². The summed E-state index contributed by atoms with van der Waals surface area (Å²) in [5, 5.41) is 0. The minimum absolute atomic E-state index is 0.0760. The van der Waals surface area contributed by atoms with Crippen LogP contribution in [0.25, 0.3) is 0 Å². The van der Waals surface area contributed by atoms with Crippen LogP contribution >= 0.6 is 11.3 Å². The molecule has 3 fully saturated rings. The Labute approximate surface area is 236 Å². The number of hydrogen-bond donors (Lipinski definition) is 1. The number of H-pyrrole nitrogens is 1. The quantitative estimate of drug-likeness (QED) is 0.581. The smallest absolute Gasteiger partial charge is 0.255 e. The van der Waals surface area contributed by atoms with Gasteiger partial charge in [-0.1, -0.05) is 6.92 Å². The van der Waals surface area contributed by atoms with E-state index >= 15 is 0 Å². The summed E-state index contributed by atoms with van der Waals surface area (Å²) < 4.78 is 5.53. The number of aryl methyl sites for hydroxylation is 2. The van der Waals surface area contributed by atoms with Gasteiger partial charge in [-0.15, -0.1) is 11.3 Å². The number of aromatic nitrogens is 1. The number of carbonyl (C=O) groups excluding carboxylic acids is 1. The standard InChI is InChI=1S/C31H44N4O3S/c1-19-15-20(2)32-30(36)26(19)18-34-10-9-27-28(31(34)37)22(4)29(39-27)21(3)23-5-7-24(8-6-23)35-16-25(17-35)33-11-13-38-14-12-33/h15,21,23-25H,5-14,16-18H2,1-4H3,(H,32,36)/t21-,23?,24?/m1/s1. The predicted molar refractivity (Wildman–Crippen MR) is 156 cm³/mol. The molecule has 7 nitrogen and oxygen atoms in total. The summed E-state index contributed by atoms with van der Waals surface area (Å²) in [5.41, 5.74) is 4.54. The number of ether oxygens (including phenoxy) is 1. The number of nitrogens with zero attached hydrogens (tertiary/aromatic N) is 3. The largest absolute Gasteiger partial charge is 0.379 e. The molecule has 3 aliphatic heterocycles. The fraction of sp³-hybridized carbons (Fsp3) is 0.677. The summed E-state index contributed by atoms with van der Waals surface area (Å²) in [4.78, 5) is 39.0. The number of hydrogen-bond acceptors (Lipinski definition) is 6. The van der Waals surface area contributed by atoms with E-state index in [0.29, 0.717) is 30.5 Å². The van der Waals surface area contributed by atoms with Crippen LogP contribution in [0, 0.1) is 26.7 Å². The molecule has 4 aliphatic rings. The number of nitrogens with one attached hydrogen (secondary N) is 1. The van der Waals surface area contributed by atoms with Crippen molar-refractivity contribution in [3.05, 3.63) is 54.1 Å². The van der Waals surface area contributed by atoms with Gasteiger partial charge < -0.3 is 14.6 Å². The molecule has 1 aliphatic carbocycles. The first-order valence-electron chi connectivity index (χ1n) is 15.0. The lowest BCUT2D eigenvalue weighted by atomic mass is 9.76. The minimum atomic E-state index is -0.0760. The van der Waals surface area contributed by atoms with Gasteiger partial charge in [0.25, 0.3) is 11.5 Å². The zero-order valence-corrected chi connectivity index (χ0v) is 24.9. The van der Waals surface area contributed by atoms with E-state index in [1.807, 2.05) is 36.2 Å². The second kappa shape index (κ2) is 11.1. The maximum Gasteiger partial charge on any atom is 0.255 e. The monoisotopic (exact) mass is 552 g/mol. The summed E-state index contributed by atoms with van der Waals surface area (Å²) in [6, 6.07) is 3.47. The van der Waals surface area contributed by atoms with E-state index in [9.17, 15) is 9.59 Å². The zero-order chi connectivity index (χ0) is 27.3. The molecule has 212 valence electrons. The van der Waals surface area contributed by atoms with Crippen LogP contribution in [0.15, 0.2) is 10.9 Å². The Morgan fingerprint density at radius 3 is 2.41 bits per heavy atom. The van der Waals surface area contributed by atoms with Crippen LogP contribution in [0.1, 0.15) is 81.0 Å². The molecule has 2 aromatic rings. The van der Waals surface area contributed by atoms with E-state index in [2.05, 4.69) is 28.6 Å². The zero-order valence-electron chi connectivity index (χ0n) is 24.1. The molecule has 0 aromatic carbocycles. The van der Waals surface area contributed by atoms with Gasteiger partial charge >= 0.3 is 0 Å². The third-order valence-electron chi connectivity index (χ3n) is 10.0. The second-order valence-corrected chi connectivity index (χ2v) is 13.6. The maximum atomic E-state index is 13.6. The lowest BCUT2D eigenvalue weighted by Gasteiger charge is -2.51. The van der Waals surface area contributed by atoms with E-state index in [4.69, 9.17) is 4.74 Å². The first kappa shape index (κ1) is 27.2. The van der Waals surface area contributed by atoms with E-state index in [0.717, 1.165) is 61.6 Å². The molecule has 1 atom stereocenters. The highest BCUT2D eigenvalue weighted by molar-refractivity contribution is 7.12. The molecule has 8 heteroatoms. The number of amides is 1. The Bertz CT molecular complexity index is 1270. The van der Waals surface area contributed by atoms with Crippen LogP contribution in [0.5, 0.6) is 0 Å². The first-order chi connectivity index (χ1) is 18.8. The number of pyridine rings is 1. The van der Waals surface area contributed by atoms with Crippen molar-refractivity contribution >= 4 is 17.2 Å². The van der Waals surface area contributed by atoms with E-state index < -0.39 is 0 Å². The van der Waals surface area contributed by atoms with E-state index in [1.165, 1.54) is 54.1 Å². The van der Waals surface area contributed by atoms with Crippen molar-refractivity contribution in [1.82, 2.24) is 19.7 Å². The van der Waals surface area contributed by atoms with Crippen molar-refractivity contribution in [1.29, 1.82) is 0 Å². The summed E-state index contributed by atoms with van der Waals surface area (Å²) in [7, 11) is 0. The number of aromatic amines is 1. The first-order valence-corrected chi connectivity index (χ1v) is 15.8. The van der Waals surface area contributed by atoms with Crippen LogP contribution in [-0.2, 0) is 17.7 Å². The van der Waals surface area contributed by atoms with E-state index in [-0.39, 0.29) is 11.5 Å². The molecule has 2 aromatic heterocycles. The van der Waals surface area contributed by atoms with Crippen LogP contribution in [0.2, 0.25) is 0 Å². The normalized spacial score (nSPS) is 25.9. The molecular weight excluding hydrogens is 508 g/mol. The third kappa shape index (κ3) is 5.25. The number of likely N-dealkylation sites (tertiary alicyclic amines) is 1. The Morgan fingerprint density at radius 1 is 1.00 bits per heavy atom. The van der Waals surface area contributed by atoms with Crippen molar-refractivity contribution < 1.29 is 9.53 Å². The molecule has 1 amide bonds. The van der Waals surface area contributed by atoms with Gasteiger partial charge in [0, 0.05) is 72.2 Å². The maximum absolute atomic E-state index is 13.6. The van der Waals surface area contributed by atoms with Gasteiger partial charge in [-0.05, 0) is 75.5 Å². The fourth-order valence-corrected chi connectivity index (χ4v) is 8.97. The summed E-state index contributed by atoms with van der Waals surface area (Å²) in [5.74, 6) is 1.28. The molecule has 0 spiro atoms. The molecule has 39 heavy (non-hydrogen) atoms. The van der Waals surface area contributed by atoms with Crippen LogP contribution in [0.4, 0.5) is 0 Å². The average Bonchev–Trinajstić information content (AvgIpc) is 3.24. The number of thiophene rings is 1. The number of carbonyl (C=O) groups is 1. The highest BCUT2D eigenvalue weighted by Crippen LogP contribution is 2.44. The SMILES string of the molecule is Cc1cc(C)c(CN2CCc3sc([C@H](C)C4CCC(N5CC(N6CCOCC6)C5)CC4)c(C)c3C2=O)c(=O)[nH]1. The Kier molecular flexibility index (Phi) is 7.74. The topological polar surface area (TPSA) is 68.9 Å². The van der Waals surface area contributed by atoms with Crippen molar-refractivity contribution in [2.24, 2.45) is 5.92 Å². The lowest BCUT2D eigenvalue weighted by molar-refractivity contribution is -0.0520. The van der Waals surface area contributed by atoms with Crippen molar-refractivity contribution in [3.8, 4) is 0 Å². The highest BCUT2D eigenvalue weighted by atomic mass is 32.1. The summed E-state index contributed by atoms with van der Waals surface area (Å²) in [6.07, 6.45) is 6.04. The van der Waals surface area contributed by atoms with Crippen LogP contribution in [-0.4, -0.2) is 83.6 Å². The molecule has 0 bridgehead atoms. The van der Waals surface area contributed by atoms with Crippen molar-refractivity contribution in [2.75, 3.05) is 45.9 Å². The van der Waals surface area contributed by atoms with Crippen LogP contribution < -0.4 is 5.56 Å². The third-order valence-corrected chi connectivity index (χ3v) is 11.6. The van der Waals surface area contributed by atoms with Gasteiger partial charge in [0.2, 0.25) is 0 Å². The van der Waals surface area contributed by atoms with Gasteiger partial charge in [-0.2, -0.15) is 0 Å². The van der Waals surface area contributed by atoms with Gasteiger partial charge in [-0.25, -0.2) is 0 Å². The van der Waals surface area contributed by atoms with Crippen molar-refractivity contribution in [3.63, 3.8) is 0 Å². The molecule has 6 rings (SSSR count). The molecule has 1 N–H and O–H groups in total. The minimum Gasteiger partial charge on any atom is -0.379 e. The summed E-state index contributed by atoms with van der Waals surface area (Å²) in [6.45, 7) is 15.9. The Balaban J connectivity index is 1.07.